The van der Waals surface area contributed by atoms with E-state index in [4.69, 9.17) is 0 Å². The number of nitrogens with zero attached hydrogens (tertiary/aromatic N) is 1. The van der Waals surface area contributed by atoms with Crippen molar-refractivity contribution in [2.45, 2.75) is 6.92 Å². The van der Waals surface area contributed by atoms with Crippen LogP contribution in [-0.4, -0.2) is 10.9 Å². The van der Waals surface area contributed by atoms with Crippen LogP contribution in [0.5, 0.6) is 0 Å². The highest BCUT2D eigenvalue weighted by Gasteiger charge is 2.11. The SMILES string of the molecule is Cc1nc2ccc(NC(=O)c3cc(Br)ccc3Br)cc2s1. The van der Waals surface area contributed by atoms with Crippen LogP contribution in [0, 0.1) is 6.92 Å². The number of anilines is 1. The summed E-state index contributed by atoms with van der Waals surface area (Å²) in [6, 6.07) is 11.2. The molecule has 2 aromatic carbocycles. The fourth-order valence-corrected chi connectivity index (χ4v) is 3.64. The van der Waals surface area contributed by atoms with Crippen LogP contribution in [0.3, 0.4) is 0 Å². The molecule has 0 saturated carbocycles. The second-order valence-electron chi connectivity index (χ2n) is 4.49. The van der Waals surface area contributed by atoms with Crippen molar-refractivity contribution in [2.24, 2.45) is 0 Å². The second kappa shape index (κ2) is 5.87. The minimum atomic E-state index is -0.149. The van der Waals surface area contributed by atoms with Gasteiger partial charge in [-0.3, -0.25) is 4.79 Å². The first-order chi connectivity index (χ1) is 10.0. The maximum Gasteiger partial charge on any atom is 0.256 e. The first-order valence-corrected chi connectivity index (χ1v) is 8.57. The summed E-state index contributed by atoms with van der Waals surface area (Å²) < 4.78 is 2.70. The number of hydrogen-bond acceptors (Lipinski definition) is 3. The molecule has 0 atom stereocenters. The van der Waals surface area contributed by atoms with Crippen molar-refractivity contribution in [3.05, 3.63) is 55.9 Å². The van der Waals surface area contributed by atoms with E-state index >= 15 is 0 Å². The van der Waals surface area contributed by atoms with Crippen LogP contribution >= 0.6 is 43.2 Å². The van der Waals surface area contributed by atoms with E-state index < -0.39 is 0 Å². The fraction of sp³-hybridized carbons (Fsp3) is 0.0667. The number of hydrogen-bond donors (Lipinski definition) is 1. The molecule has 1 amide bonds. The van der Waals surface area contributed by atoms with Gasteiger partial charge in [-0.2, -0.15) is 0 Å². The Morgan fingerprint density at radius 2 is 2.00 bits per heavy atom. The fourth-order valence-electron chi connectivity index (χ4n) is 1.99. The van der Waals surface area contributed by atoms with Crippen molar-refractivity contribution in [2.75, 3.05) is 5.32 Å². The average Bonchev–Trinajstić information content (AvgIpc) is 2.80. The van der Waals surface area contributed by atoms with E-state index in [1.165, 1.54) is 0 Å². The van der Waals surface area contributed by atoms with Crippen LogP contribution in [0.2, 0.25) is 0 Å². The Bertz CT molecular complexity index is 845. The minimum absolute atomic E-state index is 0.149. The third-order valence-electron chi connectivity index (χ3n) is 2.93. The van der Waals surface area contributed by atoms with E-state index in [2.05, 4.69) is 42.2 Å². The molecule has 0 aliphatic rings. The number of rotatable bonds is 2. The second-order valence-corrected chi connectivity index (χ2v) is 7.50. The molecular weight excluding hydrogens is 416 g/mol. The van der Waals surface area contributed by atoms with Crippen molar-refractivity contribution in [1.82, 2.24) is 4.98 Å². The molecule has 3 aromatic rings. The summed E-state index contributed by atoms with van der Waals surface area (Å²) >= 11 is 8.39. The van der Waals surface area contributed by atoms with Crippen molar-refractivity contribution >= 4 is 65.0 Å². The predicted octanol–water partition coefficient (Wildman–Crippen LogP) is 5.38. The molecule has 0 spiro atoms. The highest BCUT2D eigenvalue weighted by Crippen LogP contribution is 2.26. The van der Waals surface area contributed by atoms with Gasteiger partial charge in [0.1, 0.15) is 0 Å². The maximum absolute atomic E-state index is 12.4. The zero-order chi connectivity index (χ0) is 15.0. The van der Waals surface area contributed by atoms with Gasteiger partial charge in [0.05, 0.1) is 20.8 Å². The number of fused-ring (bicyclic) bond motifs is 1. The summed E-state index contributed by atoms with van der Waals surface area (Å²) in [6.45, 7) is 1.97. The van der Waals surface area contributed by atoms with Gasteiger partial charge in [-0.25, -0.2) is 4.98 Å². The number of benzene rings is 2. The van der Waals surface area contributed by atoms with Gasteiger partial charge in [-0.05, 0) is 59.3 Å². The van der Waals surface area contributed by atoms with Crippen LogP contribution in [0.15, 0.2) is 45.3 Å². The van der Waals surface area contributed by atoms with Gasteiger partial charge in [-0.1, -0.05) is 15.9 Å². The number of nitrogens with one attached hydrogen (secondary N) is 1. The molecule has 6 heteroatoms. The third-order valence-corrected chi connectivity index (χ3v) is 5.04. The van der Waals surface area contributed by atoms with E-state index in [0.29, 0.717) is 5.56 Å². The molecule has 0 aliphatic carbocycles. The van der Waals surface area contributed by atoms with E-state index in [9.17, 15) is 4.79 Å². The molecule has 21 heavy (non-hydrogen) atoms. The van der Waals surface area contributed by atoms with Gasteiger partial charge in [0.25, 0.3) is 5.91 Å². The molecule has 1 aromatic heterocycles. The first kappa shape index (κ1) is 14.7. The number of carbonyl (C=O) groups is 1. The Kier molecular flexibility index (Phi) is 4.10. The number of aryl methyl sites for hydroxylation is 1. The molecule has 0 radical (unpaired) electrons. The Labute approximate surface area is 142 Å². The molecule has 1 N–H and O–H groups in total. The molecule has 0 unspecified atom stereocenters. The molecule has 0 fully saturated rings. The smallest absolute Gasteiger partial charge is 0.256 e. The van der Waals surface area contributed by atoms with Crippen molar-refractivity contribution < 1.29 is 4.79 Å². The van der Waals surface area contributed by atoms with Gasteiger partial charge in [-0.15, -0.1) is 11.3 Å². The summed E-state index contributed by atoms with van der Waals surface area (Å²) in [4.78, 5) is 16.8. The third kappa shape index (κ3) is 3.17. The first-order valence-electron chi connectivity index (χ1n) is 6.16. The van der Waals surface area contributed by atoms with E-state index in [-0.39, 0.29) is 5.91 Å². The normalized spacial score (nSPS) is 10.8. The largest absolute Gasteiger partial charge is 0.322 e. The van der Waals surface area contributed by atoms with Crippen LogP contribution in [-0.2, 0) is 0 Å². The van der Waals surface area contributed by atoms with E-state index in [1.807, 2.05) is 37.3 Å². The zero-order valence-electron chi connectivity index (χ0n) is 11.0. The average molecular weight is 426 g/mol. The summed E-state index contributed by atoms with van der Waals surface area (Å²) in [6.07, 6.45) is 0. The zero-order valence-corrected chi connectivity index (χ0v) is 15.0. The van der Waals surface area contributed by atoms with Gasteiger partial charge >= 0.3 is 0 Å². The lowest BCUT2D eigenvalue weighted by atomic mass is 10.2. The van der Waals surface area contributed by atoms with Crippen LogP contribution in [0.1, 0.15) is 15.4 Å². The predicted molar refractivity (Wildman–Crippen MR) is 94.2 cm³/mol. The molecule has 1 heterocycles. The molecule has 0 aliphatic heterocycles. The Balaban J connectivity index is 1.90. The maximum atomic E-state index is 12.4. The number of carbonyl (C=O) groups excluding carboxylic acids is 1. The van der Waals surface area contributed by atoms with Gasteiger partial charge < -0.3 is 5.32 Å². The molecule has 3 rings (SSSR count). The van der Waals surface area contributed by atoms with Crippen LogP contribution in [0.25, 0.3) is 10.2 Å². The number of thiazole rings is 1. The highest BCUT2D eigenvalue weighted by atomic mass is 79.9. The molecule has 3 nitrogen and oxygen atoms in total. The number of halogens is 2. The minimum Gasteiger partial charge on any atom is -0.322 e. The van der Waals surface area contributed by atoms with Crippen molar-refractivity contribution in [1.29, 1.82) is 0 Å². The summed E-state index contributed by atoms with van der Waals surface area (Å²) in [7, 11) is 0. The summed E-state index contributed by atoms with van der Waals surface area (Å²) in [5.41, 5.74) is 2.31. The quantitative estimate of drug-likeness (QED) is 0.598. The monoisotopic (exact) mass is 424 g/mol. The summed E-state index contributed by atoms with van der Waals surface area (Å²) in [5, 5.41) is 3.93. The lowest BCUT2D eigenvalue weighted by Gasteiger charge is -2.07. The Morgan fingerprint density at radius 1 is 1.19 bits per heavy atom. The standard InChI is InChI=1S/C15H10Br2N2OS/c1-8-18-13-5-3-10(7-14(13)21-8)19-15(20)11-6-9(16)2-4-12(11)17/h2-7H,1H3,(H,19,20). The van der Waals surface area contributed by atoms with Gasteiger partial charge in [0.15, 0.2) is 0 Å². The Morgan fingerprint density at radius 3 is 2.81 bits per heavy atom. The van der Waals surface area contributed by atoms with Gasteiger partial charge in [0.2, 0.25) is 0 Å². The van der Waals surface area contributed by atoms with Crippen LogP contribution in [0.4, 0.5) is 5.69 Å². The number of amides is 1. The lowest BCUT2D eigenvalue weighted by Crippen LogP contribution is -2.12. The molecule has 106 valence electrons. The molecular formula is C15H10Br2N2OS. The number of aromatic nitrogens is 1. The van der Waals surface area contributed by atoms with Crippen molar-refractivity contribution in [3.8, 4) is 0 Å². The summed E-state index contributed by atoms with van der Waals surface area (Å²) in [5.74, 6) is -0.149. The molecule has 0 bridgehead atoms. The van der Waals surface area contributed by atoms with Crippen molar-refractivity contribution in [3.63, 3.8) is 0 Å². The van der Waals surface area contributed by atoms with E-state index in [0.717, 1.165) is 29.9 Å². The van der Waals surface area contributed by atoms with E-state index in [1.54, 1.807) is 17.4 Å². The lowest BCUT2D eigenvalue weighted by molar-refractivity contribution is 0.102. The van der Waals surface area contributed by atoms with Gasteiger partial charge in [0, 0.05) is 14.6 Å². The highest BCUT2D eigenvalue weighted by molar-refractivity contribution is 9.11. The molecule has 0 saturated heterocycles. The Hall–Kier alpha value is -1.24. The topological polar surface area (TPSA) is 42.0 Å². The van der Waals surface area contributed by atoms with Crippen LogP contribution < -0.4 is 5.32 Å².